The molecular weight excluding hydrogens is 168 g/mol. The number of carbonyl (C=O) groups excluding carboxylic acids is 1. The standard InChI is InChI=1S/C9H6N2O2/c12-9-10-5-7-3-1-2-4-8(7)13-6-11-9/h1-6H. The molecular formula is C9H6N2O2. The molecule has 1 aliphatic heterocycles. The summed E-state index contributed by atoms with van der Waals surface area (Å²) in [4.78, 5) is 17.8. The molecule has 0 saturated heterocycles. The first-order chi connectivity index (χ1) is 6.36. The molecule has 4 heteroatoms. The summed E-state index contributed by atoms with van der Waals surface area (Å²) < 4.78 is 5.10. The molecule has 0 aliphatic carbocycles. The summed E-state index contributed by atoms with van der Waals surface area (Å²) in [7, 11) is 0. The van der Waals surface area contributed by atoms with Crippen molar-refractivity contribution in [2.75, 3.05) is 0 Å². The third kappa shape index (κ3) is 1.61. The fourth-order valence-electron chi connectivity index (χ4n) is 0.981. The van der Waals surface area contributed by atoms with E-state index in [2.05, 4.69) is 9.98 Å². The van der Waals surface area contributed by atoms with Gasteiger partial charge >= 0.3 is 6.03 Å². The number of amides is 2. The van der Waals surface area contributed by atoms with Crippen LogP contribution in [0.2, 0.25) is 0 Å². The van der Waals surface area contributed by atoms with Gasteiger partial charge in [0.05, 0.1) is 0 Å². The lowest BCUT2D eigenvalue weighted by Gasteiger charge is -2.03. The highest BCUT2D eigenvalue weighted by molar-refractivity contribution is 5.96. The lowest BCUT2D eigenvalue weighted by atomic mass is 10.2. The SMILES string of the molecule is O=C1N=COc2ccccc2C=N1. The molecule has 64 valence electrons. The maximum Gasteiger partial charge on any atom is 0.369 e. The van der Waals surface area contributed by atoms with Gasteiger partial charge in [-0.15, -0.1) is 0 Å². The molecule has 2 rings (SSSR count). The molecule has 13 heavy (non-hydrogen) atoms. The predicted molar refractivity (Wildman–Crippen MR) is 48.6 cm³/mol. The number of fused-ring (bicyclic) bond motifs is 1. The Morgan fingerprint density at radius 2 is 2.00 bits per heavy atom. The van der Waals surface area contributed by atoms with E-state index >= 15 is 0 Å². The molecule has 0 atom stereocenters. The average Bonchev–Trinajstić information content (AvgIpc) is 2.13. The number of para-hydroxylation sites is 1. The number of nitrogens with zero attached hydrogens (tertiary/aromatic N) is 2. The summed E-state index contributed by atoms with van der Waals surface area (Å²) in [6.07, 6.45) is 2.53. The Hall–Kier alpha value is -1.97. The second-order valence-electron chi connectivity index (χ2n) is 2.43. The molecule has 0 saturated carbocycles. The quantitative estimate of drug-likeness (QED) is 0.600. The lowest BCUT2D eigenvalue weighted by molar-refractivity contribution is 0.257. The lowest BCUT2D eigenvalue weighted by Crippen LogP contribution is -2.00. The largest absolute Gasteiger partial charge is 0.445 e. The first-order valence-corrected chi connectivity index (χ1v) is 3.72. The second kappa shape index (κ2) is 3.18. The van der Waals surface area contributed by atoms with Crippen molar-refractivity contribution >= 4 is 18.6 Å². The molecule has 0 bridgehead atoms. The third-order valence-corrected chi connectivity index (χ3v) is 1.58. The first kappa shape index (κ1) is 7.67. The van der Waals surface area contributed by atoms with Crippen LogP contribution in [0.25, 0.3) is 0 Å². The molecule has 0 unspecified atom stereocenters. The number of carbonyl (C=O) groups is 1. The van der Waals surface area contributed by atoms with Crippen LogP contribution >= 0.6 is 0 Å². The zero-order valence-electron chi connectivity index (χ0n) is 6.68. The van der Waals surface area contributed by atoms with Crippen LogP contribution in [0.5, 0.6) is 5.75 Å². The molecule has 1 aromatic carbocycles. The van der Waals surface area contributed by atoms with Gasteiger partial charge in [0.2, 0.25) is 0 Å². The minimum Gasteiger partial charge on any atom is -0.445 e. The van der Waals surface area contributed by atoms with E-state index in [1.165, 1.54) is 6.21 Å². The van der Waals surface area contributed by atoms with Gasteiger partial charge < -0.3 is 4.74 Å². The van der Waals surface area contributed by atoms with Crippen LogP contribution in [-0.4, -0.2) is 18.6 Å². The number of rotatable bonds is 0. The number of hydrogen-bond acceptors (Lipinski definition) is 2. The highest BCUT2D eigenvalue weighted by Gasteiger charge is 2.02. The summed E-state index contributed by atoms with van der Waals surface area (Å²) >= 11 is 0. The van der Waals surface area contributed by atoms with E-state index in [9.17, 15) is 4.79 Å². The summed E-state index contributed by atoms with van der Waals surface area (Å²) in [5, 5.41) is 0. The Balaban J connectivity index is 2.47. The number of hydrogen-bond donors (Lipinski definition) is 0. The Morgan fingerprint density at radius 3 is 2.92 bits per heavy atom. The highest BCUT2D eigenvalue weighted by atomic mass is 16.5. The Morgan fingerprint density at radius 1 is 1.15 bits per heavy atom. The number of ether oxygens (including phenoxy) is 1. The molecule has 4 nitrogen and oxygen atoms in total. The summed E-state index contributed by atoms with van der Waals surface area (Å²) in [6.45, 7) is 0. The molecule has 0 spiro atoms. The van der Waals surface area contributed by atoms with Crippen molar-refractivity contribution in [3.63, 3.8) is 0 Å². The molecule has 2 amide bonds. The van der Waals surface area contributed by atoms with Crippen LogP contribution in [0.4, 0.5) is 4.79 Å². The molecule has 1 aliphatic rings. The van der Waals surface area contributed by atoms with E-state index < -0.39 is 6.03 Å². The number of urea groups is 1. The van der Waals surface area contributed by atoms with Gasteiger partial charge in [-0.2, -0.15) is 9.98 Å². The van der Waals surface area contributed by atoms with Crippen LogP contribution in [-0.2, 0) is 0 Å². The maximum atomic E-state index is 10.8. The number of aliphatic imine (C=N–C) groups is 2. The predicted octanol–water partition coefficient (Wildman–Crippen LogP) is 1.65. The van der Waals surface area contributed by atoms with Crippen LogP contribution in [0.15, 0.2) is 34.3 Å². The van der Waals surface area contributed by atoms with Gasteiger partial charge in [-0.05, 0) is 12.1 Å². The second-order valence-corrected chi connectivity index (χ2v) is 2.43. The van der Waals surface area contributed by atoms with Crippen molar-refractivity contribution in [2.24, 2.45) is 9.98 Å². The Bertz CT molecular complexity index is 396. The monoisotopic (exact) mass is 174 g/mol. The van der Waals surface area contributed by atoms with Gasteiger partial charge in [0, 0.05) is 11.8 Å². The van der Waals surface area contributed by atoms with Crippen molar-refractivity contribution in [1.29, 1.82) is 0 Å². The van der Waals surface area contributed by atoms with E-state index in [0.717, 1.165) is 12.0 Å². The van der Waals surface area contributed by atoms with Gasteiger partial charge in [0.15, 0.2) is 6.40 Å². The molecule has 1 aromatic rings. The molecule has 1 heterocycles. The fraction of sp³-hybridized carbons (Fsp3) is 0. The van der Waals surface area contributed by atoms with Gasteiger partial charge in [-0.3, -0.25) is 0 Å². The number of benzene rings is 1. The summed E-state index contributed by atoms with van der Waals surface area (Å²) in [6, 6.07) is 6.71. The smallest absolute Gasteiger partial charge is 0.369 e. The van der Waals surface area contributed by atoms with E-state index in [1.807, 2.05) is 18.2 Å². The van der Waals surface area contributed by atoms with Crippen molar-refractivity contribution < 1.29 is 9.53 Å². The Labute approximate surface area is 74.6 Å². The fourth-order valence-corrected chi connectivity index (χ4v) is 0.981. The van der Waals surface area contributed by atoms with Gasteiger partial charge in [-0.25, -0.2) is 4.79 Å². The van der Waals surface area contributed by atoms with Crippen LogP contribution in [0.3, 0.4) is 0 Å². The van der Waals surface area contributed by atoms with Crippen molar-refractivity contribution in [3.8, 4) is 5.75 Å². The summed E-state index contributed by atoms with van der Waals surface area (Å²) in [5.74, 6) is 0.641. The molecule has 0 N–H and O–H groups in total. The topological polar surface area (TPSA) is 51.0 Å². The van der Waals surface area contributed by atoms with E-state index in [-0.39, 0.29) is 0 Å². The zero-order chi connectivity index (χ0) is 9.10. The van der Waals surface area contributed by atoms with E-state index in [1.54, 1.807) is 6.07 Å². The van der Waals surface area contributed by atoms with Gasteiger partial charge in [-0.1, -0.05) is 12.1 Å². The summed E-state index contributed by atoms with van der Waals surface area (Å²) in [5.41, 5.74) is 0.766. The average molecular weight is 174 g/mol. The zero-order valence-corrected chi connectivity index (χ0v) is 6.68. The first-order valence-electron chi connectivity index (χ1n) is 3.72. The van der Waals surface area contributed by atoms with Gasteiger partial charge in [0.25, 0.3) is 0 Å². The molecule has 0 radical (unpaired) electrons. The Kier molecular flexibility index (Phi) is 1.88. The van der Waals surface area contributed by atoms with E-state index in [0.29, 0.717) is 5.75 Å². The molecule has 0 fully saturated rings. The normalized spacial score (nSPS) is 14.3. The van der Waals surface area contributed by atoms with Crippen molar-refractivity contribution in [2.45, 2.75) is 0 Å². The minimum absolute atomic E-state index is 0.561. The van der Waals surface area contributed by atoms with Crippen LogP contribution in [0, 0.1) is 0 Å². The van der Waals surface area contributed by atoms with Crippen LogP contribution < -0.4 is 4.74 Å². The highest BCUT2D eigenvalue weighted by Crippen LogP contribution is 2.15. The van der Waals surface area contributed by atoms with Gasteiger partial charge in [0.1, 0.15) is 5.75 Å². The van der Waals surface area contributed by atoms with Crippen molar-refractivity contribution in [1.82, 2.24) is 0 Å². The van der Waals surface area contributed by atoms with E-state index in [4.69, 9.17) is 4.74 Å². The third-order valence-electron chi connectivity index (χ3n) is 1.58. The minimum atomic E-state index is -0.561. The molecule has 0 aromatic heterocycles. The van der Waals surface area contributed by atoms with Crippen LogP contribution in [0.1, 0.15) is 5.56 Å². The maximum absolute atomic E-state index is 10.8. The van der Waals surface area contributed by atoms with Crippen molar-refractivity contribution in [3.05, 3.63) is 29.8 Å².